The van der Waals surface area contributed by atoms with Crippen molar-refractivity contribution in [2.45, 2.75) is 39.8 Å². The highest BCUT2D eigenvalue weighted by molar-refractivity contribution is 7.23. The Hall–Kier alpha value is -2.54. The predicted octanol–water partition coefficient (Wildman–Crippen LogP) is 6.35. The van der Waals surface area contributed by atoms with Gasteiger partial charge < -0.3 is 5.32 Å². The summed E-state index contributed by atoms with van der Waals surface area (Å²) in [5.41, 5.74) is 5.24. The van der Waals surface area contributed by atoms with Gasteiger partial charge in [0.1, 0.15) is 10.0 Å². The highest BCUT2D eigenvalue weighted by Gasteiger charge is 2.28. The van der Waals surface area contributed by atoms with Crippen molar-refractivity contribution in [3.05, 3.63) is 70.1 Å². The minimum absolute atomic E-state index is 0.0645. The molecule has 158 valence electrons. The average molecular weight is 448 g/mol. The summed E-state index contributed by atoms with van der Waals surface area (Å²) in [7, 11) is 0. The number of nitrogens with zero attached hydrogens (tertiary/aromatic N) is 2. The van der Waals surface area contributed by atoms with Crippen molar-refractivity contribution in [1.29, 1.82) is 0 Å². The summed E-state index contributed by atoms with van der Waals surface area (Å²) in [6, 6.07) is 16.5. The van der Waals surface area contributed by atoms with Gasteiger partial charge >= 0.3 is 0 Å². The van der Waals surface area contributed by atoms with Crippen LogP contribution in [0.25, 0.3) is 20.8 Å². The van der Waals surface area contributed by atoms with Gasteiger partial charge in [-0.2, -0.15) is 0 Å². The number of thiazole rings is 1. The van der Waals surface area contributed by atoms with Gasteiger partial charge in [0.2, 0.25) is 0 Å². The van der Waals surface area contributed by atoms with Gasteiger partial charge in [0.15, 0.2) is 0 Å². The summed E-state index contributed by atoms with van der Waals surface area (Å²) in [6.07, 6.45) is 0.982. The van der Waals surface area contributed by atoms with E-state index in [1.165, 1.54) is 15.1 Å². The first kappa shape index (κ1) is 20.4. The SMILES string of the molecule is Cc1cccc(C(=O)Nc2sc3c(c2-c2nc4ccccc4s2)CCN(C(C)C)C3)c1. The number of amides is 1. The van der Waals surface area contributed by atoms with E-state index in [4.69, 9.17) is 4.98 Å². The van der Waals surface area contributed by atoms with E-state index in [1.807, 2.05) is 43.3 Å². The summed E-state index contributed by atoms with van der Waals surface area (Å²) in [6.45, 7) is 8.45. The summed E-state index contributed by atoms with van der Waals surface area (Å²) in [5, 5.41) is 5.14. The van der Waals surface area contributed by atoms with Crippen molar-refractivity contribution in [3.63, 3.8) is 0 Å². The topological polar surface area (TPSA) is 45.2 Å². The Labute approximate surface area is 190 Å². The molecular weight excluding hydrogens is 422 g/mol. The second kappa shape index (κ2) is 8.19. The lowest BCUT2D eigenvalue weighted by Crippen LogP contribution is -2.35. The number of nitrogens with one attached hydrogen (secondary N) is 1. The maximum Gasteiger partial charge on any atom is 0.256 e. The molecule has 4 aromatic rings. The van der Waals surface area contributed by atoms with Crippen LogP contribution >= 0.6 is 22.7 Å². The van der Waals surface area contributed by atoms with E-state index in [9.17, 15) is 4.79 Å². The third-order valence-corrected chi connectivity index (χ3v) is 8.02. The summed E-state index contributed by atoms with van der Waals surface area (Å²) in [4.78, 5) is 21.8. The van der Waals surface area contributed by atoms with Gasteiger partial charge in [-0.3, -0.25) is 9.69 Å². The van der Waals surface area contributed by atoms with Crippen LogP contribution in [0.15, 0.2) is 48.5 Å². The minimum atomic E-state index is -0.0645. The van der Waals surface area contributed by atoms with E-state index < -0.39 is 0 Å². The third-order valence-electron chi connectivity index (χ3n) is 5.83. The van der Waals surface area contributed by atoms with E-state index >= 15 is 0 Å². The number of anilines is 1. The molecule has 31 heavy (non-hydrogen) atoms. The first-order valence-electron chi connectivity index (χ1n) is 10.6. The lowest BCUT2D eigenvalue weighted by atomic mass is 10.0. The molecule has 0 spiro atoms. The van der Waals surface area contributed by atoms with Gasteiger partial charge in [-0.25, -0.2) is 4.98 Å². The molecule has 6 heteroatoms. The Bertz CT molecular complexity index is 1240. The molecule has 0 aliphatic carbocycles. The summed E-state index contributed by atoms with van der Waals surface area (Å²) < 4.78 is 1.17. The monoisotopic (exact) mass is 447 g/mol. The maximum absolute atomic E-state index is 13.1. The van der Waals surface area contributed by atoms with Gasteiger partial charge in [-0.05, 0) is 57.0 Å². The Morgan fingerprint density at radius 1 is 1.13 bits per heavy atom. The van der Waals surface area contributed by atoms with Crippen molar-refractivity contribution in [1.82, 2.24) is 9.88 Å². The molecule has 0 radical (unpaired) electrons. The second-order valence-electron chi connectivity index (χ2n) is 8.33. The Kier molecular flexibility index (Phi) is 5.38. The maximum atomic E-state index is 13.1. The smallest absolute Gasteiger partial charge is 0.256 e. The number of fused-ring (bicyclic) bond motifs is 2. The fourth-order valence-electron chi connectivity index (χ4n) is 4.12. The van der Waals surface area contributed by atoms with Crippen LogP contribution in [0, 0.1) is 6.92 Å². The first-order valence-corrected chi connectivity index (χ1v) is 12.3. The number of hydrogen-bond acceptors (Lipinski definition) is 5. The summed E-state index contributed by atoms with van der Waals surface area (Å²) in [5.74, 6) is -0.0645. The molecule has 3 heterocycles. The number of thiophene rings is 1. The van der Waals surface area contributed by atoms with Crippen molar-refractivity contribution in [3.8, 4) is 10.6 Å². The zero-order chi connectivity index (χ0) is 21.5. The van der Waals surface area contributed by atoms with Crippen LogP contribution in [0.5, 0.6) is 0 Å². The first-order chi connectivity index (χ1) is 15.0. The normalized spacial score (nSPS) is 14.2. The van der Waals surface area contributed by atoms with E-state index in [0.29, 0.717) is 11.6 Å². The molecule has 1 aliphatic rings. The Morgan fingerprint density at radius 3 is 2.74 bits per heavy atom. The molecule has 1 amide bonds. The van der Waals surface area contributed by atoms with Crippen LogP contribution < -0.4 is 5.32 Å². The van der Waals surface area contributed by atoms with Crippen molar-refractivity contribution in [2.24, 2.45) is 0 Å². The molecule has 0 saturated heterocycles. The fourth-order valence-corrected chi connectivity index (χ4v) is 6.50. The van der Waals surface area contributed by atoms with Crippen LogP contribution in [0.1, 0.15) is 40.2 Å². The highest BCUT2D eigenvalue weighted by Crippen LogP contribution is 2.46. The van der Waals surface area contributed by atoms with E-state index in [-0.39, 0.29) is 5.91 Å². The number of hydrogen-bond donors (Lipinski definition) is 1. The van der Waals surface area contributed by atoms with Crippen LogP contribution in [-0.2, 0) is 13.0 Å². The standard InChI is InChI=1S/C25H25N3OS2/c1-15(2)28-12-11-18-21(14-28)31-25(27-23(29)17-8-6-7-16(3)13-17)22(18)24-26-19-9-4-5-10-20(19)30-24/h4-10,13,15H,11-12,14H2,1-3H3,(H,27,29). The summed E-state index contributed by atoms with van der Waals surface area (Å²) >= 11 is 3.41. The zero-order valence-corrected chi connectivity index (χ0v) is 19.6. The number of benzene rings is 2. The number of rotatable bonds is 4. The predicted molar refractivity (Wildman–Crippen MR) is 131 cm³/mol. The molecule has 0 fully saturated rings. The molecule has 0 bridgehead atoms. The molecular formula is C25H25N3OS2. The molecule has 5 rings (SSSR count). The fraction of sp³-hybridized carbons (Fsp3) is 0.280. The van der Waals surface area contributed by atoms with Gasteiger partial charge in [-0.1, -0.05) is 29.8 Å². The number of aryl methyl sites for hydroxylation is 1. The average Bonchev–Trinajstić information content (AvgIpc) is 3.33. The van der Waals surface area contributed by atoms with Gasteiger partial charge in [0, 0.05) is 35.1 Å². The van der Waals surface area contributed by atoms with E-state index in [0.717, 1.165) is 46.2 Å². The van der Waals surface area contributed by atoms with E-state index in [1.54, 1.807) is 22.7 Å². The van der Waals surface area contributed by atoms with Crippen LogP contribution in [0.2, 0.25) is 0 Å². The Balaban J connectivity index is 1.59. The minimum Gasteiger partial charge on any atom is -0.313 e. The molecule has 1 N–H and O–H groups in total. The second-order valence-corrected chi connectivity index (χ2v) is 10.5. The highest BCUT2D eigenvalue weighted by atomic mass is 32.1. The lowest BCUT2D eigenvalue weighted by molar-refractivity contribution is 0.102. The molecule has 0 unspecified atom stereocenters. The largest absolute Gasteiger partial charge is 0.313 e. The number of aromatic nitrogens is 1. The van der Waals surface area contributed by atoms with Crippen molar-refractivity contribution < 1.29 is 4.79 Å². The van der Waals surface area contributed by atoms with Crippen LogP contribution in [0.4, 0.5) is 5.00 Å². The van der Waals surface area contributed by atoms with Crippen LogP contribution in [-0.4, -0.2) is 28.4 Å². The van der Waals surface area contributed by atoms with Crippen LogP contribution in [0.3, 0.4) is 0 Å². The van der Waals surface area contributed by atoms with Gasteiger partial charge in [-0.15, -0.1) is 22.7 Å². The number of carbonyl (C=O) groups excluding carboxylic acids is 1. The molecule has 1 aliphatic heterocycles. The molecule has 2 aromatic carbocycles. The molecule has 4 nitrogen and oxygen atoms in total. The van der Waals surface area contributed by atoms with Gasteiger partial charge in [0.05, 0.1) is 10.2 Å². The molecule has 0 saturated carbocycles. The van der Waals surface area contributed by atoms with Gasteiger partial charge in [0.25, 0.3) is 5.91 Å². The quantitative estimate of drug-likeness (QED) is 0.396. The molecule has 0 atom stereocenters. The molecule has 2 aromatic heterocycles. The Morgan fingerprint density at radius 2 is 1.97 bits per heavy atom. The van der Waals surface area contributed by atoms with Crippen molar-refractivity contribution >= 4 is 43.8 Å². The zero-order valence-electron chi connectivity index (χ0n) is 17.9. The van der Waals surface area contributed by atoms with Crippen molar-refractivity contribution in [2.75, 3.05) is 11.9 Å². The number of para-hydroxylation sites is 1. The third kappa shape index (κ3) is 3.91. The lowest BCUT2D eigenvalue weighted by Gasteiger charge is -2.30. The van der Waals surface area contributed by atoms with E-state index in [2.05, 4.69) is 36.2 Å². The number of carbonyl (C=O) groups is 1.